The first kappa shape index (κ1) is 17.1. The van der Waals surface area contributed by atoms with E-state index in [4.69, 9.17) is 0 Å². The molecule has 0 aromatic heterocycles. The first-order valence-corrected chi connectivity index (χ1v) is 10.4. The Morgan fingerprint density at radius 1 is 1.00 bits per heavy atom. The van der Waals surface area contributed by atoms with Crippen LogP contribution in [0, 0.1) is 28.6 Å². The molecule has 0 spiro atoms. The minimum atomic E-state index is -0.497. The van der Waals surface area contributed by atoms with Crippen molar-refractivity contribution in [2.45, 2.75) is 77.7 Å². The van der Waals surface area contributed by atoms with Crippen molar-refractivity contribution in [1.82, 2.24) is 0 Å². The van der Waals surface area contributed by atoms with Crippen LogP contribution in [-0.4, -0.2) is 21.6 Å². The second-order valence-corrected chi connectivity index (χ2v) is 10.2. The van der Waals surface area contributed by atoms with Crippen molar-refractivity contribution >= 4 is 21.6 Å². The van der Waals surface area contributed by atoms with Crippen LogP contribution in [0.2, 0.25) is 0 Å². The largest absolute Gasteiger partial charge is 0.411 e. The topological polar surface area (TPSA) is 52.8 Å². The third-order valence-electron chi connectivity index (χ3n) is 8.75. The summed E-state index contributed by atoms with van der Waals surface area (Å²) in [6, 6.07) is 0. The Morgan fingerprint density at radius 2 is 1.71 bits per heavy atom. The van der Waals surface area contributed by atoms with Crippen LogP contribution in [0.15, 0.2) is 15.2 Å². The normalized spacial score (nSPS) is 52.9. The van der Waals surface area contributed by atoms with Crippen molar-refractivity contribution in [2.24, 2.45) is 33.7 Å². The van der Waals surface area contributed by atoms with Crippen molar-refractivity contribution in [2.75, 3.05) is 0 Å². The lowest BCUT2D eigenvalue weighted by molar-refractivity contribution is -0.117. The minimum absolute atomic E-state index is 0.0926. The molecule has 0 heterocycles. The van der Waals surface area contributed by atoms with E-state index in [0.29, 0.717) is 11.8 Å². The van der Waals surface area contributed by atoms with Gasteiger partial charge in [-0.3, -0.25) is 0 Å². The Balaban J connectivity index is 1.72. The number of oxime groups is 1. The molecule has 0 amide bonds. The van der Waals surface area contributed by atoms with E-state index >= 15 is 0 Å². The van der Waals surface area contributed by atoms with Crippen LogP contribution in [-0.2, 0) is 0 Å². The van der Waals surface area contributed by atoms with E-state index < -0.39 is 5.60 Å². The average molecular weight is 396 g/mol. The molecule has 3 saturated carbocycles. The Morgan fingerprint density at radius 3 is 2.42 bits per heavy atom. The van der Waals surface area contributed by atoms with Crippen LogP contribution in [0.1, 0.15) is 72.1 Å². The van der Waals surface area contributed by atoms with E-state index in [9.17, 15) is 10.3 Å². The first-order valence-electron chi connectivity index (χ1n) is 9.57. The molecule has 6 atom stereocenters. The fourth-order valence-electron chi connectivity index (χ4n) is 7.00. The molecule has 0 radical (unpaired) electrons. The van der Waals surface area contributed by atoms with Crippen LogP contribution in [0.25, 0.3) is 0 Å². The molecule has 4 rings (SSSR count). The fourth-order valence-corrected chi connectivity index (χ4v) is 7.93. The first-order chi connectivity index (χ1) is 11.2. The van der Waals surface area contributed by atoms with Gasteiger partial charge < -0.3 is 10.3 Å². The summed E-state index contributed by atoms with van der Waals surface area (Å²) < 4.78 is 1.07. The van der Waals surface area contributed by atoms with E-state index in [-0.39, 0.29) is 10.8 Å². The predicted octanol–water partition coefficient (Wildman–Crippen LogP) is 5.25. The molecule has 0 aliphatic heterocycles. The number of fused-ring (bicyclic) bond motifs is 5. The summed E-state index contributed by atoms with van der Waals surface area (Å²) in [6.45, 7) is 6.87. The lowest BCUT2D eigenvalue weighted by Gasteiger charge is -2.59. The minimum Gasteiger partial charge on any atom is -0.411 e. The Kier molecular flexibility index (Phi) is 3.79. The molecular formula is C20H30BrNO2. The maximum Gasteiger partial charge on any atom is 0.0937 e. The Hall–Kier alpha value is -0.350. The SMILES string of the molecule is C[C@]12CC/C(=N\O)C(Br)=C1CC[C@@H]1[C@@H]2CC[C@@]2(C)[C@H]1CC[C@]2(C)O. The summed E-state index contributed by atoms with van der Waals surface area (Å²) in [5.74, 6) is 2.11. The molecule has 2 N–H and O–H groups in total. The highest BCUT2D eigenvalue weighted by Crippen LogP contribution is 2.68. The standard InChI is InChI=1S/C20H30BrNO2/c1-18-9-8-16(22-24)17(21)15(18)5-4-12-13(18)6-10-19(2)14(12)7-11-20(19,3)23/h12-14,23-24H,4-11H2,1-3H3/b22-16+/t12-,13+,14+,18-,19+,20+/m1/s1. The van der Waals surface area contributed by atoms with Gasteiger partial charge in [0.2, 0.25) is 0 Å². The molecule has 24 heavy (non-hydrogen) atoms. The fraction of sp³-hybridized carbons (Fsp3) is 0.850. The van der Waals surface area contributed by atoms with Gasteiger partial charge in [0.1, 0.15) is 0 Å². The lowest BCUT2D eigenvalue weighted by Crippen LogP contribution is -2.54. The van der Waals surface area contributed by atoms with Crippen molar-refractivity contribution in [1.29, 1.82) is 0 Å². The Bertz CT molecular complexity index is 625. The molecule has 0 unspecified atom stereocenters. The third kappa shape index (κ3) is 2.02. The third-order valence-corrected chi connectivity index (χ3v) is 9.69. The van der Waals surface area contributed by atoms with E-state index in [2.05, 4.69) is 41.9 Å². The highest BCUT2D eigenvalue weighted by Gasteiger charge is 2.62. The van der Waals surface area contributed by atoms with Crippen LogP contribution in [0.5, 0.6) is 0 Å². The lowest BCUT2D eigenvalue weighted by atomic mass is 9.46. The summed E-state index contributed by atoms with van der Waals surface area (Å²) in [7, 11) is 0. The van der Waals surface area contributed by atoms with Crippen molar-refractivity contribution in [3.05, 3.63) is 10.1 Å². The van der Waals surface area contributed by atoms with Crippen LogP contribution in [0.3, 0.4) is 0 Å². The van der Waals surface area contributed by atoms with Gasteiger partial charge in [-0.1, -0.05) is 19.0 Å². The zero-order chi connectivity index (χ0) is 17.3. The summed E-state index contributed by atoms with van der Waals surface area (Å²) in [5.41, 5.74) is 2.13. The predicted molar refractivity (Wildman–Crippen MR) is 99.4 cm³/mol. The van der Waals surface area contributed by atoms with Gasteiger partial charge in [-0.15, -0.1) is 0 Å². The molecule has 4 aliphatic carbocycles. The number of rotatable bonds is 0. The summed E-state index contributed by atoms with van der Waals surface area (Å²) >= 11 is 3.74. The van der Waals surface area contributed by atoms with Gasteiger partial charge in [0.25, 0.3) is 0 Å². The molecule has 3 nitrogen and oxygen atoms in total. The average Bonchev–Trinajstić information content (AvgIpc) is 2.78. The smallest absolute Gasteiger partial charge is 0.0937 e. The Labute approximate surface area is 153 Å². The van der Waals surface area contributed by atoms with Crippen molar-refractivity contribution in [3.8, 4) is 0 Å². The molecule has 0 aromatic carbocycles. The van der Waals surface area contributed by atoms with E-state index in [1.807, 2.05) is 0 Å². The van der Waals surface area contributed by atoms with Crippen LogP contribution < -0.4 is 0 Å². The second kappa shape index (κ2) is 5.33. The molecular weight excluding hydrogens is 366 g/mol. The van der Waals surface area contributed by atoms with Gasteiger partial charge in [-0.05, 0) is 108 Å². The summed E-state index contributed by atoms with van der Waals surface area (Å²) in [6.07, 6.45) is 8.79. The molecule has 4 heteroatoms. The van der Waals surface area contributed by atoms with Crippen molar-refractivity contribution < 1.29 is 10.3 Å². The van der Waals surface area contributed by atoms with Crippen LogP contribution in [0.4, 0.5) is 0 Å². The van der Waals surface area contributed by atoms with Gasteiger partial charge in [-0.25, -0.2) is 0 Å². The van der Waals surface area contributed by atoms with E-state index in [0.717, 1.165) is 48.2 Å². The number of hydrogen-bond donors (Lipinski definition) is 2. The summed E-state index contributed by atoms with van der Waals surface area (Å²) in [4.78, 5) is 0. The number of nitrogens with zero attached hydrogens (tertiary/aromatic N) is 1. The second-order valence-electron chi connectivity index (χ2n) is 9.44. The van der Waals surface area contributed by atoms with Crippen molar-refractivity contribution in [3.63, 3.8) is 0 Å². The van der Waals surface area contributed by atoms with Gasteiger partial charge in [0, 0.05) is 4.48 Å². The molecule has 4 aliphatic rings. The highest BCUT2D eigenvalue weighted by molar-refractivity contribution is 9.12. The van der Waals surface area contributed by atoms with E-state index in [1.165, 1.54) is 24.8 Å². The monoisotopic (exact) mass is 395 g/mol. The van der Waals surface area contributed by atoms with Gasteiger partial charge in [0.05, 0.1) is 11.3 Å². The number of hydrogen-bond acceptors (Lipinski definition) is 3. The van der Waals surface area contributed by atoms with Gasteiger partial charge >= 0.3 is 0 Å². The van der Waals surface area contributed by atoms with Gasteiger partial charge in [0.15, 0.2) is 0 Å². The number of aliphatic hydroxyl groups is 1. The quantitative estimate of drug-likeness (QED) is 0.434. The van der Waals surface area contributed by atoms with E-state index in [1.54, 1.807) is 0 Å². The molecule has 0 saturated heterocycles. The maximum absolute atomic E-state index is 11.0. The van der Waals surface area contributed by atoms with Gasteiger partial charge in [-0.2, -0.15) is 0 Å². The number of allylic oxidation sites excluding steroid dienone is 2. The molecule has 0 bridgehead atoms. The number of halogens is 1. The summed E-state index contributed by atoms with van der Waals surface area (Å²) in [5, 5.41) is 23.8. The zero-order valence-corrected chi connectivity index (χ0v) is 16.7. The zero-order valence-electron chi connectivity index (χ0n) is 15.1. The van der Waals surface area contributed by atoms with Crippen LogP contribution >= 0.6 is 15.9 Å². The molecule has 0 aromatic rings. The molecule has 134 valence electrons. The highest BCUT2D eigenvalue weighted by atomic mass is 79.9. The molecule has 3 fully saturated rings. The maximum atomic E-state index is 11.0.